The molecule has 2 nitrogen and oxygen atoms in total. The van der Waals surface area contributed by atoms with Gasteiger partial charge in [0, 0.05) is 24.9 Å². The average molecular weight is 279 g/mol. The molecular weight excluding hydrogens is 256 g/mol. The SMILES string of the molecule is [Cl-].c1ccc(C[N+]23CCCCCC2=NCCC3)cc1. The number of amidine groups is 1. The van der Waals surface area contributed by atoms with Crippen molar-refractivity contribution in [2.24, 2.45) is 4.99 Å². The predicted octanol–water partition coefficient (Wildman–Crippen LogP) is 0.384. The van der Waals surface area contributed by atoms with E-state index in [-0.39, 0.29) is 12.4 Å². The van der Waals surface area contributed by atoms with Gasteiger partial charge in [0.15, 0.2) is 5.84 Å². The summed E-state index contributed by atoms with van der Waals surface area (Å²) in [7, 11) is 0. The second-order valence-corrected chi connectivity index (χ2v) is 5.70. The summed E-state index contributed by atoms with van der Waals surface area (Å²) < 4.78 is 1.16. The van der Waals surface area contributed by atoms with Gasteiger partial charge in [-0.05, 0) is 19.3 Å². The van der Waals surface area contributed by atoms with E-state index < -0.39 is 0 Å². The van der Waals surface area contributed by atoms with Crippen molar-refractivity contribution < 1.29 is 16.9 Å². The van der Waals surface area contributed by atoms with E-state index in [0.29, 0.717) is 0 Å². The van der Waals surface area contributed by atoms with Gasteiger partial charge in [0.1, 0.15) is 6.54 Å². The first-order valence-electron chi connectivity index (χ1n) is 7.33. The fraction of sp³-hybridized carbons (Fsp3) is 0.562. The zero-order valence-corrected chi connectivity index (χ0v) is 12.3. The van der Waals surface area contributed by atoms with Crippen molar-refractivity contribution in [3.63, 3.8) is 0 Å². The summed E-state index contributed by atoms with van der Waals surface area (Å²) in [5, 5.41) is 0. The van der Waals surface area contributed by atoms with Crippen LogP contribution in [-0.4, -0.2) is 30.0 Å². The Labute approximate surface area is 122 Å². The Balaban J connectivity index is 0.00000133. The van der Waals surface area contributed by atoms with E-state index in [1.54, 1.807) is 0 Å². The maximum atomic E-state index is 4.87. The molecule has 104 valence electrons. The molecule has 0 aliphatic carbocycles. The van der Waals surface area contributed by atoms with Crippen LogP contribution < -0.4 is 12.4 Å². The van der Waals surface area contributed by atoms with Gasteiger partial charge in [-0.3, -0.25) is 4.48 Å². The smallest absolute Gasteiger partial charge is 0.198 e. The average Bonchev–Trinajstić information content (AvgIpc) is 2.62. The third-order valence-electron chi connectivity index (χ3n) is 4.40. The number of benzene rings is 1. The molecule has 1 aromatic rings. The predicted molar refractivity (Wildman–Crippen MR) is 75.5 cm³/mol. The summed E-state index contributed by atoms with van der Waals surface area (Å²) >= 11 is 0. The first-order chi connectivity index (χ1) is 8.89. The van der Waals surface area contributed by atoms with Gasteiger partial charge in [0.05, 0.1) is 13.1 Å². The van der Waals surface area contributed by atoms with Crippen LogP contribution in [0.3, 0.4) is 0 Å². The second kappa shape index (κ2) is 6.53. The van der Waals surface area contributed by atoms with Crippen molar-refractivity contribution in [2.45, 2.75) is 38.6 Å². The highest BCUT2D eigenvalue weighted by atomic mass is 35.5. The molecule has 1 fully saturated rings. The maximum Gasteiger partial charge on any atom is 0.198 e. The third kappa shape index (κ3) is 3.18. The zero-order valence-electron chi connectivity index (χ0n) is 11.5. The fourth-order valence-electron chi connectivity index (χ4n) is 3.47. The second-order valence-electron chi connectivity index (χ2n) is 5.70. The van der Waals surface area contributed by atoms with Crippen LogP contribution in [0, 0.1) is 0 Å². The molecule has 3 heteroatoms. The summed E-state index contributed by atoms with van der Waals surface area (Å²) in [6.45, 7) is 4.81. The van der Waals surface area contributed by atoms with E-state index in [4.69, 9.17) is 4.99 Å². The van der Waals surface area contributed by atoms with Gasteiger partial charge in [0.25, 0.3) is 0 Å². The molecule has 0 saturated carbocycles. The number of quaternary nitrogens is 1. The first kappa shape index (κ1) is 14.5. The molecule has 3 rings (SSSR count). The lowest BCUT2D eigenvalue weighted by atomic mass is 10.1. The number of hydrogen-bond acceptors (Lipinski definition) is 1. The van der Waals surface area contributed by atoms with Crippen LogP contribution in [0.1, 0.15) is 37.7 Å². The van der Waals surface area contributed by atoms with Crippen molar-refractivity contribution in [3.8, 4) is 0 Å². The zero-order chi connectivity index (χ0) is 12.3. The maximum absolute atomic E-state index is 4.87. The van der Waals surface area contributed by atoms with Gasteiger partial charge < -0.3 is 12.4 Å². The molecule has 0 bridgehead atoms. The minimum absolute atomic E-state index is 0. The molecule has 19 heavy (non-hydrogen) atoms. The number of hydrogen-bond donors (Lipinski definition) is 0. The van der Waals surface area contributed by atoms with Gasteiger partial charge in [0.2, 0.25) is 0 Å². The molecule has 1 unspecified atom stereocenters. The lowest BCUT2D eigenvalue weighted by Crippen LogP contribution is -3.00. The van der Waals surface area contributed by atoms with Crippen LogP contribution >= 0.6 is 0 Å². The van der Waals surface area contributed by atoms with E-state index in [2.05, 4.69) is 30.3 Å². The topological polar surface area (TPSA) is 12.4 Å². The third-order valence-corrected chi connectivity index (χ3v) is 4.40. The number of aliphatic imine (C=N–C) groups is 1. The summed E-state index contributed by atoms with van der Waals surface area (Å²) in [6.07, 6.45) is 6.58. The lowest BCUT2D eigenvalue weighted by molar-refractivity contribution is -0.858. The molecule has 2 heterocycles. The monoisotopic (exact) mass is 278 g/mol. The van der Waals surface area contributed by atoms with Gasteiger partial charge >= 0.3 is 0 Å². The highest BCUT2D eigenvalue weighted by Gasteiger charge is 2.37. The van der Waals surface area contributed by atoms with Crippen molar-refractivity contribution in [2.75, 3.05) is 19.6 Å². The quantitative estimate of drug-likeness (QED) is 0.694. The molecule has 1 saturated heterocycles. The Morgan fingerprint density at radius 1 is 0.947 bits per heavy atom. The van der Waals surface area contributed by atoms with Crippen molar-refractivity contribution >= 4 is 5.84 Å². The molecule has 0 amide bonds. The lowest BCUT2D eigenvalue weighted by Gasteiger charge is -2.40. The Hall–Kier alpha value is -0.860. The standard InChI is InChI=1S/C16H23N2.ClH/c1-3-8-15(9-4-1)14-18-12-6-2-5-10-16(18)17-11-7-13-18;/h1,3-4,8-9H,2,5-7,10-14H2;1H/q+1;/p-1. The molecule has 1 atom stereocenters. The Morgan fingerprint density at radius 3 is 2.58 bits per heavy atom. The van der Waals surface area contributed by atoms with E-state index in [0.717, 1.165) is 17.6 Å². The van der Waals surface area contributed by atoms with Crippen molar-refractivity contribution in [1.82, 2.24) is 0 Å². The highest BCUT2D eigenvalue weighted by Crippen LogP contribution is 2.27. The van der Waals surface area contributed by atoms with Gasteiger partial charge in [-0.25, -0.2) is 4.99 Å². The number of rotatable bonds is 2. The van der Waals surface area contributed by atoms with Crippen LogP contribution in [0.25, 0.3) is 0 Å². The highest BCUT2D eigenvalue weighted by molar-refractivity contribution is 5.76. The number of fused-ring (bicyclic) bond motifs is 1. The van der Waals surface area contributed by atoms with Crippen molar-refractivity contribution in [3.05, 3.63) is 35.9 Å². The van der Waals surface area contributed by atoms with Gasteiger partial charge in [-0.15, -0.1) is 0 Å². The molecule has 0 radical (unpaired) electrons. The Morgan fingerprint density at radius 2 is 1.74 bits per heavy atom. The van der Waals surface area contributed by atoms with Crippen LogP contribution in [0.5, 0.6) is 0 Å². The Kier molecular flexibility index (Phi) is 5.00. The summed E-state index contributed by atoms with van der Waals surface area (Å²) in [6, 6.07) is 11.0. The summed E-state index contributed by atoms with van der Waals surface area (Å²) in [5.74, 6) is 1.49. The molecular formula is C16H23ClN2. The summed E-state index contributed by atoms with van der Waals surface area (Å²) in [4.78, 5) is 4.87. The van der Waals surface area contributed by atoms with E-state index in [1.807, 2.05) is 0 Å². The van der Waals surface area contributed by atoms with E-state index in [1.165, 1.54) is 56.6 Å². The largest absolute Gasteiger partial charge is 1.00 e. The minimum atomic E-state index is 0. The molecule has 1 aromatic carbocycles. The number of halogens is 1. The molecule has 0 aromatic heterocycles. The van der Waals surface area contributed by atoms with E-state index in [9.17, 15) is 0 Å². The van der Waals surface area contributed by atoms with Crippen LogP contribution in [0.4, 0.5) is 0 Å². The molecule has 0 N–H and O–H groups in total. The fourth-order valence-corrected chi connectivity index (χ4v) is 3.47. The first-order valence-corrected chi connectivity index (χ1v) is 7.33. The number of nitrogens with zero attached hydrogens (tertiary/aromatic N) is 2. The molecule has 0 spiro atoms. The van der Waals surface area contributed by atoms with Crippen LogP contribution in [-0.2, 0) is 6.54 Å². The summed E-state index contributed by atoms with van der Waals surface area (Å²) in [5.41, 5.74) is 1.47. The normalized spacial score (nSPS) is 26.6. The van der Waals surface area contributed by atoms with Crippen LogP contribution in [0.2, 0.25) is 0 Å². The van der Waals surface area contributed by atoms with Crippen molar-refractivity contribution in [1.29, 1.82) is 0 Å². The molecule has 2 aliphatic heterocycles. The Bertz CT molecular complexity index is 430. The van der Waals surface area contributed by atoms with Gasteiger partial charge in [-0.2, -0.15) is 0 Å². The minimum Gasteiger partial charge on any atom is -1.00 e. The van der Waals surface area contributed by atoms with Gasteiger partial charge in [-0.1, -0.05) is 30.3 Å². The van der Waals surface area contributed by atoms with E-state index >= 15 is 0 Å². The van der Waals surface area contributed by atoms with Crippen LogP contribution in [0.15, 0.2) is 35.3 Å². The molecule has 2 aliphatic rings.